The number of alkyl halides is 2. The molecule has 0 spiro atoms. The molecule has 0 heterocycles. The lowest BCUT2D eigenvalue weighted by molar-refractivity contribution is -0.0498. The van der Waals surface area contributed by atoms with Crippen LogP contribution in [0.25, 0.3) is 0 Å². The van der Waals surface area contributed by atoms with E-state index in [9.17, 15) is 18.0 Å². The Bertz CT molecular complexity index is 692. The van der Waals surface area contributed by atoms with Gasteiger partial charge in [-0.15, -0.1) is 0 Å². The Balaban J connectivity index is 2.06. The summed E-state index contributed by atoms with van der Waals surface area (Å²) in [5, 5.41) is 2.91. The lowest BCUT2D eigenvalue weighted by Crippen LogP contribution is -2.26. The second-order valence-corrected chi connectivity index (χ2v) is 5.17. The van der Waals surface area contributed by atoms with Gasteiger partial charge in [0, 0.05) is 10.6 Å². The lowest BCUT2D eigenvalue weighted by Gasteiger charge is -2.16. The summed E-state index contributed by atoms with van der Waals surface area (Å²) in [7, 11) is 0. The summed E-state index contributed by atoms with van der Waals surface area (Å²) in [5.41, 5.74) is 0.843. The largest absolute Gasteiger partial charge is 0.435 e. The topological polar surface area (TPSA) is 38.3 Å². The van der Waals surface area contributed by atoms with Crippen LogP contribution in [0.15, 0.2) is 42.5 Å². The zero-order valence-corrected chi connectivity index (χ0v) is 12.8. The van der Waals surface area contributed by atoms with Gasteiger partial charge in [-0.05, 0) is 48.9 Å². The Hall–Kier alpha value is -2.21. The number of benzene rings is 2. The van der Waals surface area contributed by atoms with Gasteiger partial charge in [0.15, 0.2) is 0 Å². The summed E-state index contributed by atoms with van der Waals surface area (Å²) in [4.78, 5) is 12.1. The van der Waals surface area contributed by atoms with E-state index < -0.39 is 24.4 Å². The number of nitrogens with one attached hydrogen (secondary N) is 1. The van der Waals surface area contributed by atoms with E-state index in [1.807, 2.05) is 0 Å². The van der Waals surface area contributed by atoms with E-state index in [0.29, 0.717) is 5.56 Å². The van der Waals surface area contributed by atoms with Gasteiger partial charge in [0.25, 0.3) is 5.91 Å². The summed E-state index contributed by atoms with van der Waals surface area (Å²) in [6.07, 6.45) is 0. The number of rotatable bonds is 5. The molecule has 23 heavy (non-hydrogen) atoms. The van der Waals surface area contributed by atoms with E-state index in [0.717, 1.165) is 6.07 Å². The molecule has 0 aliphatic carbocycles. The first-order valence-electron chi connectivity index (χ1n) is 6.67. The van der Waals surface area contributed by atoms with Crippen LogP contribution < -0.4 is 10.1 Å². The van der Waals surface area contributed by atoms with Crippen molar-refractivity contribution in [3.05, 3.63) is 64.4 Å². The highest BCUT2D eigenvalue weighted by atomic mass is 35.5. The molecule has 2 aromatic carbocycles. The Morgan fingerprint density at radius 3 is 2.39 bits per heavy atom. The van der Waals surface area contributed by atoms with Crippen molar-refractivity contribution in [2.45, 2.75) is 19.6 Å². The van der Waals surface area contributed by atoms with E-state index in [4.69, 9.17) is 11.6 Å². The molecule has 0 saturated carbocycles. The fraction of sp³-hybridized carbons (Fsp3) is 0.188. The molecular weight excluding hydrogens is 331 g/mol. The van der Waals surface area contributed by atoms with Gasteiger partial charge in [-0.2, -0.15) is 8.78 Å². The Kier molecular flexibility index (Phi) is 5.50. The molecule has 1 N–H and O–H groups in total. The first kappa shape index (κ1) is 17.1. The van der Waals surface area contributed by atoms with Gasteiger partial charge in [0.05, 0.1) is 6.04 Å². The Morgan fingerprint density at radius 2 is 1.83 bits per heavy atom. The number of ether oxygens (including phenoxy) is 1. The van der Waals surface area contributed by atoms with E-state index in [1.54, 1.807) is 6.92 Å². The highest BCUT2D eigenvalue weighted by molar-refractivity contribution is 6.31. The molecule has 0 aliphatic heterocycles. The number of carbonyl (C=O) groups excluding carboxylic acids is 1. The molecule has 3 nitrogen and oxygen atoms in total. The molecule has 2 rings (SSSR count). The van der Waals surface area contributed by atoms with Crippen molar-refractivity contribution < 1.29 is 22.7 Å². The minimum Gasteiger partial charge on any atom is -0.435 e. The smallest absolute Gasteiger partial charge is 0.387 e. The van der Waals surface area contributed by atoms with E-state index >= 15 is 0 Å². The summed E-state index contributed by atoms with van der Waals surface area (Å²) >= 11 is 5.94. The Labute approximate surface area is 136 Å². The monoisotopic (exact) mass is 343 g/mol. The third kappa shape index (κ3) is 4.63. The number of halogens is 4. The van der Waals surface area contributed by atoms with Crippen molar-refractivity contribution in [2.75, 3.05) is 0 Å². The fourth-order valence-electron chi connectivity index (χ4n) is 2.00. The van der Waals surface area contributed by atoms with Crippen molar-refractivity contribution in [1.82, 2.24) is 5.32 Å². The van der Waals surface area contributed by atoms with Gasteiger partial charge in [-0.1, -0.05) is 17.7 Å². The van der Waals surface area contributed by atoms with Crippen molar-refractivity contribution in [3.63, 3.8) is 0 Å². The standard InChI is InChI=1S/C16H13ClF3NO2/c1-9(13-7-4-11(18)8-14(13)17)21-15(22)10-2-5-12(6-3-10)23-16(19)20/h2-9,16H,1H3,(H,21,22). The minimum absolute atomic E-state index is 0.0359. The average molecular weight is 344 g/mol. The molecule has 0 aliphatic rings. The second kappa shape index (κ2) is 7.37. The van der Waals surface area contributed by atoms with Crippen LogP contribution in [0, 0.1) is 5.82 Å². The van der Waals surface area contributed by atoms with E-state index in [1.165, 1.54) is 36.4 Å². The predicted molar refractivity (Wildman–Crippen MR) is 80.4 cm³/mol. The Morgan fingerprint density at radius 1 is 1.17 bits per heavy atom. The number of amides is 1. The highest BCUT2D eigenvalue weighted by Gasteiger charge is 2.15. The molecule has 7 heteroatoms. The predicted octanol–water partition coefficient (Wildman–Crippen LogP) is 4.57. The number of carbonyl (C=O) groups is 1. The molecule has 0 saturated heterocycles. The average Bonchev–Trinajstić information content (AvgIpc) is 2.47. The number of hydrogen-bond donors (Lipinski definition) is 1. The van der Waals surface area contributed by atoms with Gasteiger partial charge in [0.2, 0.25) is 0 Å². The third-order valence-corrected chi connectivity index (χ3v) is 3.45. The first-order chi connectivity index (χ1) is 10.9. The summed E-state index contributed by atoms with van der Waals surface area (Å²) in [6.45, 7) is -1.22. The van der Waals surface area contributed by atoms with Gasteiger partial charge >= 0.3 is 6.61 Å². The zero-order chi connectivity index (χ0) is 17.0. The first-order valence-corrected chi connectivity index (χ1v) is 7.05. The lowest BCUT2D eigenvalue weighted by atomic mass is 10.1. The SMILES string of the molecule is CC(NC(=O)c1ccc(OC(F)F)cc1)c1ccc(F)cc1Cl. The maximum absolute atomic E-state index is 13.0. The normalized spacial score (nSPS) is 12.1. The van der Waals surface area contributed by atoms with Crippen LogP contribution in [-0.4, -0.2) is 12.5 Å². The van der Waals surface area contributed by atoms with Crippen LogP contribution in [0.3, 0.4) is 0 Å². The fourth-order valence-corrected chi connectivity index (χ4v) is 2.33. The quantitative estimate of drug-likeness (QED) is 0.863. The third-order valence-electron chi connectivity index (χ3n) is 3.12. The molecule has 0 radical (unpaired) electrons. The van der Waals surface area contributed by atoms with Crippen LogP contribution >= 0.6 is 11.6 Å². The second-order valence-electron chi connectivity index (χ2n) is 4.76. The van der Waals surface area contributed by atoms with Crippen molar-refractivity contribution in [1.29, 1.82) is 0 Å². The highest BCUT2D eigenvalue weighted by Crippen LogP contribution is 2.24. The molecule has 1 amide bonds. The van der Waals surface area contributed by atoms with Gasteiger partial charge < -0.3 is 10.1 Å². The molecular formula is C16H13ClF3NO2. The van der Waals surface area contributed by atoms with Crippen molar-refractivity contribution >= 4 is 17.5 Å². The summed E-state index contributed by atoms with van der Waals surface area (Å²) in [5.74, 6) is -0.917. The molecule has 0 bridgehead atoms. The van der Waals surface area contributed by atoms with Crippen molar-refractivity contribution in [3.8, 4) is 5.75 Å². The van der Waals surface area contributed by atoms with Gasteiger partial charge in [0.1, 0.15) is 11.6 Å². The van der Waals surface area contributed by atoms with Crippen LogP contribution in [0.2, 0.25) is 5.02 Å². The van der Waals surface area contributed by atoms with Crippen LogP contribution in [0.1, 0.15) is 28.9 Å². The van der Waals surface area contributed by atoms with Crippen molar-refractivity contribution in [2.24, 2.45) is 0 Å². The minimum atomic E-state index is -2.92. The summed E-state index contributed by atoms with van der Waals surface area (Å²) < 4.78 is 41.4. The van der Waals surface area contributed by atoms with E-state index in [2.05, 4.69) is 10.1 Å². The van der Waals surface area contributed by atoms with Crippen LogP contribution in [0.5, 0.6) is 5.75 Å². The molecule has 122 valence electrons. The van der Waals surface area contributed by atoms with Gasteiger partial charge in [-0.3, -0.25) is 4.79 Å². The zero-order valence-electron chi connectivity index (χ0n) is 12.0. The molecule has 0 aromatic heterocycles. The molecule has 2 aromatic rings. The maximum Gasteiger partial charge on any atom is 0.387 e. The number of hydrogen-bond acceptors (Lipinski definition) is 2. The van der Waals surface area contributed by atoms with Gasteiger partial charge in [-0.25, -0.2) is 4.39 Å². The maximum atomic E-state index is 13.0. The van der Waals surface area contributed by atoms with Crippen LogP contribution in [0.4, 0.5) is 13.2 Å². The summed E-state index contributed by atoms with van der Waals surface area (Å²) in [6, 6.07) is 8.73. The molecule has 1 atom stereocenters. The van der Waals surface area contributed by atoms with E-state index in [-0.39, 0.29) is 16.3 Å². The van der Waals surface area contributed by atoms with Crippen LogP contribution in [-0.2, 0) is 0 Å². The molecule has 1 unspecified atom stereocenters. The molecule has 0 fully saturated rings.